The summed E-state index contributed by atoms with van der Waals surface area (Å²) in [7, 11) is -3.60. The Bertz CT molecular complexity index is 1330. The van der Waals surface area contributed by atoms with Crippen LogP contribution in [0.25, 0.3) is 10.8 Å². The Morgan fingerprint density at radius 3 is 2.44 bits per heavy atom. The fourth-order valence-corrected chi connectivity index (χ4v) is 5.87. The zero-order valence-corrected chi connectivity index (χ0v) is 22.9. The second-order valence-corrected chi connectivity index (χ2v) is 11.3. The van der Waals surface area contributed by atoms with E-state index in [1.165, 1.54) is 4.31 Å². The van der Waals surface area contributed by atoms with Gasteiger partial charge in [-0.05, 0) is 36.4 Å². The van der Waals surface area contributed by atoms with E-state index in [2.05, 4.69) is 15.6 Å². The van der Waals surface area contributed by atoms with Crippen LogP contribution in [0, 0.1) is 0 Å². The molecule has 3 unspecified atom stereocenters. The zero-order chi connectivity index (χ0) is 28.4. The van der Waals surface area contributed by atoms with Crippen LogP contribution in [0.15, 0.2) is 71.8 Å². The number of hydrogen-bond donors (Lipinski definition) is 4. The number of hydrogen-bond acceptors (Lipinski definition) is 8. The van der Waals surface area contributed by atoms with E-state index in [0.29, 0.717) is 25.1 Å². The highest BCUT2D eigenvalue weighted by Crippen LogP contribution is 2.20. The summed E-state index contributed by atoms with van der Waals surface area (Å²) >= 11 is 0. The lowest BCUT2D eigenvalue weighted by Gasteiger charge is -2.38. The van der Waals surface area contributed by atoms with Crippen LogP contribution in [0.3, 0.4) is 0 Å². The molecule has 0 aliphatic carbocycles. The Hall–Kier alpha value is -3.22. The largest absolute Gasteiger partial charge is 0.367 e. The van der Waals surface area contributed by atoms with Gasteiger partial charge in [0, 0.05) is 30.7 Å². The predicted molar refractivity (Wildman–Crippen MR) is 148 cm³/mol. The van der Waals surface area contributed by atoms with E-state index in [4.69, 9.17) is 0 Å². The van der Waals surface area contributed by atoms with Gasteiger partial charge in [0.25, 0.3) is 5.91 Å². The Kier molecular flexibility index (Phi) is 11.1. The molecule has 4 N–H and O–H groups in total. The number of aliphatic hydroxyl groups excluding tert-OH is 1. The Morgan fingerprint density at radius 1 is 1.10 bits per heavy atom. The van der Waals surface area contributed by atoms with Gasteiger partial charge in [0.1, 0.15) is 12.0 Å². The number of sulfonamides is 1. The molecule has 1 aliphatic heterocycles. The van der Waals surface area contributed by atoms with Gasteiger partial charge in [-0.3, -0.25) is 9.78 Å². The summed E-state index contributed by atoms with van der Waals surface area (Å²) in [6.07, 6.45) is 2.98. The number of nitrogens with zero attached hydrogens (tertiary/aromatic N) is 2. The third kappa shape index (κ3) is 7.90. The van der Waals surface area contributed by atoms with Crippen LogP contribution >= 0.6 is 0 Å². The quantitative estimate of drug-likeness (QED) is 0.231. The number of piperazine rings is 1. The minimum Gasteiger partial charge on any atom is -0.367 e. The van der Waals surface area contributed by atoms with Gasteiger partial charge in [-0.2, -0.15) is 4.31 Å². The monoisotopic (exact) mass is 556 g/mol. The van der Waals surface area contributed by atoms with Gasteiger partial charge in [-0.15, -0.1) is 0 Å². The first-order valence-corrected chi connectivity index (χ1v) is 14.4. The molecule has 1 amide bonds. The number of aldehydes is 1. The molecule has 39 heavy (non-hydrogen) atoms. The number of benzene rings is 2. The van der Waals surface area contributed by atoms with Crippen LogP contribution in [-0.2, 0) is 14.8 Å². The lowest BCUT2D eigenvalue weighted by Crippen LogP contribution is -2.61. The first kappa shape index (κ1) is 30.3. The van der Waals surface area contributed by atoms with E-state index >= 15 is 0 Å². The Morgan fingerprint density at radius 2 is 1.79 bits per heavy atom. The third-order valence-corrected chi connectivity index (χ3v) is 8.32. The number of carbonyl (C=O) groups is 2. The van der Waals surface area contributed by atoms with Crippen LogP contribution in [0.1, 0.15) is 43.6 Å². The molecule has 3 atom stereocenters. The highest BCUT2D eigenvalue weighted by atomic mass is 32.2. The predicted octanol–water partition coefficient (Wildman–Crippen LogP) is 2.07. The van der Waals surface area contributed by atoms with Crippen molar-refractivity contribution in [2.45, 2.75) is 62.4 Å². The van der Waals surface area contributed by atoms with Gasteiger partial charge in [-0.25, -0.2) is 8.42 Å². The van der Waals surface area contributed by atoms with Crippen LogP contribution < -0.4 is 10.6 Å². The van der Waals surface area contributed by atoms with Crippen LogP contribution in [-0.4, -0.2) is 77.6 Å². The number of pyridine rings is 1. The van der Waals surface area contributed by atoms with Crippen molar-refractivity contribution in [3.63, 3.8) is 0 Å². The highest BCUT2D eigenvalue weighted by molar-refractivity contribution is 7.89. The number of carbonyl (C=O) groups excluding carboxylic acids is 2. The summed E-state index contributed by atoms with van der Waals surface area (Å²) < 4.78 is 26.4. The molecule has 11 heteroatoms. The Labute approximate surface area is 229 Å². The number of nitrogens with one attached hydrogen (secondary N) is 2. The third-order valence-electron chi connectivity index (χ3n) is 6.48. The fourth-order valence-electron chi connectivity index (χ4n) is 4.34. The first-order valence-electron chi connectivity index (χ1n) is 13.0. The molecule has 0 spiro atoms. The molecule has 0 radical (unpaired) electrons. The van der Waals surface area contributed by atoms with E-state index in [1.807, 2.05) is 44.2 Å². The molecule has 2 heterocycles. The second kappa shape index (κ2) is 14.2. The molecule has 3 aromatic rings. The summed E-state index contributed by atoms with van der Waals surface area (Å²) in [5, 5.41) is 26.1. The lowest BCUT2D eigenvalue weighted by molar-refractivity contribution is -0.109. The van der Waals surface area contributed by atoms with Crippen LogP contribution in [0.4, 0.5) is 0 Å². The summed E-state index contributed by atoms with van der Waals surface area (Å²) in [6, 6.07) is 16.4. The maximum atomic E-state index is 12.6. The molecule has 1 fully saturated rings. The maximum Gasteiger partial charge on any atom is 0.271 e. The molecule has 1 saturated heterocycles. The highest BCUT2D eigenvalue weighted by Gasteiger charge is 2.36. The van der Waals surface area contributed by atoms with Crippen LogP contribution in [0.2, 0.25) is 0 Å². The average molecular weight is 557 g/mol. The lowest BCUT2D eigenvalue weighted by atomic mass is 10.1. The van der Waals surface area contributed by atoms with Gasteiger partial charge in [-0.1, -0.05) is 62.7 Å². The van der Waals surface area contributed by atoms with Crippen LogP contribution in [0.5, 0.6) is 0 Å². The van der Waals surface area contributed by atoms with Crippen molar-refractivity contribution < 1.29 is 28.2 Å². The molecule has 210 valence electrons. The molecule has 1 aromatic heterocycles. The SMILES string of the molecule is CCC1CN(S(=O)(=O)c2ccccc2)CC(C(O)O)N1.CCCC(C=O)NC(=O)c1nccc2ccccc12. The zero-order valence-electron chi connectivity index (χ0n) is 22.1. The minimum atomic E-state index is -3.60. The molecule has 0 bridgehead atoms. The van der Waals surface area contributed by atoms with Crippen molar-refractivity contribution >= 4 is 33.0 Å². The topological polar surface area (TPSA) is 149 Å². The van der Waals surface area contributed by atoms with Crippen molar-refractivity contribution in [2.24, 2.45) is 0 Å². The van der Waals surface area contributed by atoms with Gasteiger partial charge >= 0.3 is 0 Å². The smallest absolute Gasteiger partial charge is 0.271 e. The molecule has 1 aliphatic rings. The van der Waals surface area contributed by atoms with E-state index < -0.39 is 28.4 Å². The van der Waals surface area contributed by atoms with Crippen molar-refractivity contribution in [1.29, 1.82) is 0 Å². The molecular formula is C28H36N4O6S. The van der Waals surface area contributed by atoms with E-state index in [0.717, 1.165) is 23.5 Å². The summed E-state index contributed by atoms with van der Waals surface area (Å²) in [6.45, 7) is 4.28. The molecule has 0 saturated carbocycles. The molecule has 2 aromatic carbocycles. The number of aromatic nitrogens is 1. The fraction of sp³-hybridized carbons (Fsp3) is 0.393. The van der Waals surface area contributed by atoms with Crippen molar-refractivity contribution in [3.05, 3.63) is 72.6 Å². The van der Waals surface area contributed by atoms with Gasteiger partial charge in [0.15, 0.2) is 6.29 Å². The van der Waals surface area contributed by atoms with Crippen molar-refractivity contribution in [1.82, 2.24) is 19.9 Å². The van der Waals surface area contributed by atoms with Gasteiger partial charge < -0.3 is 25.6 Å². The van der Waals surface area contributed by atoms with E-state index in [9.17, 15) is 28.2 Å². The van der Waals surface area contributed by atoms with E-state index in [-0.39, 0.29) is 23.4 Å². The molecule has 4 rings (SSSR count). The standard InChI is InChI=1S/C15H16N2O2.C13H20N2O4S/c1-2-5-12(10-18)17-15(19)14-13-7-4-3-6-11(13)8-9-16-14;1-2-10-8-15(9-12(14-10)13(16)17)20(18,19)11-6-4-3-5-7-11/h3-4,6-10,12H,2,5H2,1H3,(H,17,19);3-7,10,12-14,16-17H,2,8-9H2,1H3. The molecule has 10 nitrogen and oxygen atoms in total. The van der Waals surface area contributed by atoms with Crippen molar-refractivity contribution in [2.75, 3.05) is 13.1 Å². The normalized spacial score (nSPS) is 18.7. The Balaban J connectivity index is 0.000000216. The number of amides is 1. The number of rotatable bonds is 9. The minimum absolute atomic E-state index is 0.0470. The average Bonchev–Trinajstić information content (AvgIpc) is 2.97. The summed E-state index contributed by atoms with van der Waals surface area (Å²) in [5.41, 5.74) is 0.362. The summed E-state index contributed by atoms with van der Waals surface area (Å²) in [4.78, 5) is 27.4. The number of fused-ring (bicyclic) bond motifs is 1. The van der Waals surface area contributed by atoms with Gasteiger partial charge in [0.05, 0.1) is 17.0 Å². The van der Waals surface area contributed by atoms with Crippen molar-refractivity contribution in [3.8, 4) is 0 Å². The molecular weight excluding hydrogens is 520 g/mol. The van der Waals surface area contributed by atoms with Gasteiger partial charge in [0.2, 0.25) is 10.0 Å². The summed E-state index contributed by atoms with van der Waals surface area (Å²) in [5.74, 6) is -0.303. The second-order valence-electron chi connectivity index (χ2n) is 9.31. The number of aliphatic hydroxyl groups is 2. The van der Waals surface area contributed by atoms with E-state index in [1.54, 1.807) is 36.5 Å². The maximum absolute atomic E-state index is 12.6. The first-order chi connectivity index (χ1) is 18.7.